The van der Waals surface area contributed by atoms with Gasteiger partial charge in [0.1, 0.15) is 11.9 Å². The zero-order valence-electron chi connectivity index (χ0n) is 18.7. The van der Waals surface area contributed by atoms with E-state index in [0.29, 0.717) is 17.8 Å². The van der Waals surface area contributed by atoms with Crippen molar-refractivity contribution in [3.05, 3.63) is 29.3 Å². The van der Waals surface area contributed by atoms with Crippen LogP contribution in [0.25, 0.3) is 0 Å². The van der Waals surface area contributed by atoms with Crippen molar-refractivity contribution < 1.29 is 14.6 Å². The van der Waals surface area contributed by atoms with Crippen molar-refractivity contribution in [1.82, 2.24) is 5.32 Å². The van der Waals surface area contributed by atoms with Gasteiger partial charge in [-0.05, 0) is 66.5 Å². The van der Waals surface area contributed by atoms with E-state index in [1.165, 1.54) is 12.0 Å². The molecule has 0 radical (unpaired) electrons. The number of rotatable bonds is 4. The summed E-state index contributed by atoms with van der Waals surface area (Å²) in [4.78, 5) is 13.0. The molecule has 0 spiro atoms. The first-order valence-corrected chi connectivity index (χ1v) is 12.2. The van der Waals surface area contributed by atoms with Crippen LogP contribution in [0.5, 0.6) is 5.75 Å². The van der Waals surface area contributed by atoms with Crippen LogP contribution >= 0.6 is 11.8 Å². The number of ether oxygens (including phenoxy) is 1. The molecule has 2 aliphatic rings. The van der Waals surface area contributed by atoms with Gasteiger partial charge in [0.15, 0.2) is 0 Å². The summed E-state index contributed by atoms with van der Waals surface area (Å²) >= 11 is 1.79. The number of amides is 1. The number of carbonyl (C=O) groups is 1. The summed E-state index contributed by atoms with van der Waals surface area (Å²) in [5, 5.41) is 13.5. The van der Waals surface area contributed by atoms with Gasteiger partial charge in [-0.15, -0.1) is 0 Å². The number of carbonyl (C=O) groups excluding carboxylic acids is 1. The van der Waals surface area contributed by atoms with Crippen molar-refractivity contribution in [2.75, 3.05) is 6.26 Å². The minimum Gasteiger partial charge on any atom is -0.508 e. The van der Waals surface area contributed by atoms with E-state index in [9.17, 15) is 9.90 Å². The van der Waals surface area contributed by atoms with Gasteiger partial charge < -0.3 is 15.2 Å². The van der Waals surface area contributed by atoms with E-state index in [4.69, 9.17) is 4.74 Å². The summed E-state index contributed by atoms with van der Waals surface area (Å²) in [6.45, 7) is 11.0. The highest BCUT2D eigenvalue weighted by Crippen LogP contribution is 2.42. The Kier molecular flexibility index (Phi) is 6.77. The van der Waals surface area contributed by atoms with E-state index >= 15 is 0 Å². The number of alkyl carbamates (subject to hydrolysis) is 1. The van der Waals surface area contributed by atoms with E-state index in [2.05, 4.69) is 46.2 Å². The average molecular weight is 420 g/mol. The van der Waals surface area contributed by atoms with Crippen molar-refractivity contribution in [2.45, 2.75) is 83.1 Å². The molecule has 3 rings (SSSR count). The van der Waals surface area contributed by atoms with Crippen LogP contribution in [-0.2, 0) is 16.6 Å². The van der Waals surface area contributed by atoms with Crippen LogP contribution < -0.4 is 5.32 Å². The third-order valence-corrected chi connectivity index (χ3v) is 8.20. The molecule has 1 fully saturated rings. The van der Waals surface area contributed by atoms with Gasteiger partial charge in [-0.1, -0.05) is 47.1 Å². The molecular formula is C24H37NO3S. The highest BCUT2D eigenvalue weighted by molar-refractivity contribution is 7.99. The predicted molar refractivity (Wildman–Crippen MR) is 121 cm³/mol. The monoisotopic (exact) mass is 419 g/mol. The maximum absolute atomic E-state index is 13.0. The number of hydrogen-bond acceptors (Lipinski definition) is 4. The highest BCUT2D eigenvalue weighted by Gasteiger charge is 2.44. The van der Waals surface area contributed by atoms with Gasteiger partial charge in [0.25, 0.3) is 0 Å². The second kappa shape index (κ2) is 8.79. The van der Waals surface area contributed by atoms with Gasteiger partial charge in [0.05, 0.1) is 6.04 Å². The Morgan fingerprint density at radius 1 is 1.31 bits per heavy atom. The summed E-state index contributed by atoms with van der Waals surface area (Å²) in [7, 11) is 0. The van der Waals surface area contributed by atoms with Gasteiger partial charge in [0, 0.05) is 10.7 Å². The van der Waals surface area contributed by atoms with Crippen molar-refractivity contribution in [3.63, 3.8) is 0 Å². The van der Waals surface area contributed by atoms with Crippen LogP contribution in [0.1, 0.15) is 65.0 Å². The Morgan fingerprint density at radius 3 is 2.69 bits per heavy atom. The van der Waals surface area contributed by atoms with Gasteiger partial charge in [-0.2, -0.15) is 11.8 Å². The standard InChI is InChI=1S/C24H37NO3S/c1-14(2)18-10-7-15(3)11-20(18)28-23(27)25-22-21(29-6)12-16-8-9-17(26)13-19(16)24(22,4)5/h8-9,13-15,18,20-22,26H,7,10-12H2,1-6H3,(H,25,27)/t15-,18?,20-,21+,22-/m1/s1. The molecule has 5 heteroatoms. The molecule has 2 N–H and O–H groups in total. The second-order valence-corrected chi connectivity index (χ2v) is 11.0. The molecule has 1 saturated carbocycles. The summed E-state index contributed by atoms with van der Waals surface area (Å²) in [6, 6.07) is 5.56. The fourth-order valence-corrected chi connectivity index (χ4v) is 6.38. The minimum absolute atomic E-state index is 0.00508. The van der Waals surface area contributed by atoms with Crippen LogP contribution in [0.4, 0.5) is 4.79 Å². The smallest absolute Gasteiger partial charge is 0.407 e. The molecule has 2 aliphatic carbocycles. The minimum atomic E-state index is -0.296. The number of aromatic hydroxyl groups is 1. The third kappa shape index (κ3) is 4.70. The lowest BCUT2D eigenvalue weighted by Crippen LogP contribution is -2.57. The van der Waals surface area contributed by atoms with Crippen LogP contribution in [0.15, 0.2) is 18.2 Å². The van der Waals surface area contributed by atoms with E-state index < -0.39 is 0 Å². The summed E-state index contributed by atoms with van der Waals surface area (Å²) < 4.78 is 6.03. The van der Waals surface area contributed by atoms with E-state index in [0.717, 1.165) is 24.8 Å². The molecule has 0 heterocycles. The number of nitrogens with one attached hydrogen (secondary N) is 1. The molecule has 1 amide bonds. The van der Waals surface area contributed by atoms with Gasteiger partial charge in [0.2, 0.25) is 0 Å². The first-order chi connectivity index (χ1) is 13.6. The first kappa shape index (κ1) is 22.3. The lowest BCUT2D eigenvalue weighted by atomic mass is 9.69. The van der Waals surface area contributed by atoms with Crippen molar-refractivity contribution >= 4 is 17.9 Å². The van der Waals surface area contributed by atoms with E-state index in [1.807, 2.05) is 12.1 Å². The van der Waals surface area contributed by atoms with Crippen LogP contribution in [-0.4, -0.2) is 34.9 Å². The molecule has 0 bridgehead atoms. The lowest BCUT2D eigenvalue weighted by Gasteiger charge is -2.45. The third-order valence-electron chi connectivity index (χ3n) is 7.15. The predicted octanol–water partition coefficient (Wildman–Crippen LogP) is 5.51. The zero-order chi connectivity index (χ0) is 21.3. The van der Waals surface area contributed by atoms with Crippen LogP contribution in [0.2, 0.25) is 0 Å². The maximum Gasteiger partial charge on any atom is 0.407 e. The quantitative estimate of drug-likeness (QED) is 0.675. The Balaban J connectivity index is 1.77. The summed E-state index contributed by atoms with van der Waals surface area (Å²) in [5.74, 6) is 1.82. The molecule has 1 unspecified atom stereocenters. The second-order valence-electron chi connectivity index (χ2n) is 9.93. The largest absolute Gasteiger partial charge is 0.508 e. The molecule has 0 saturated heterocycles. The summed E-state index contributed by atoms with van der Waals surface area (Å²) in [6.07, 6.45) is 5.97. The molecule has 0 aromatic heterocycles. The number of phenolic OH excluding ortho intramolecular Hbond substituents is 1. The summed E-state index contributed by atoms with van der Waals surface area (Å²) in [5.41, 5.74) is 2.06. The number of hydrogen-bond donors (Lipinski definition) is 2. The number of benzene rings is 1. The van der Waals surface area contributed by atoms with Crippen molar-refractivity contribution in [2.24, 2.45) is 17.8 Å². The number of fused-ring (bicyclic) bond motifs is 1. The number of phenols is 1. The topological polar surface area (TPSA) is 58.6 Å². The Bertz CT molecular complexity index is 733. The molecular weight excluding hydrogens is 382 g/mol. The normalized spacial score (nSPS) is 31.2. The average Bonchev–Trinajstić information content (AvgIpc) is 2.64. The Hall–Kier alpha value is -1.36. The van der Waals surface area contributed by atoms with Crippen LogP contribution in [0.3, 0.4) is 0 Å². The van der Waals surface area contributed by atoms with Gasteiger partial charge in [-0.25, -0.2) is 4.79 Å². The zero-order valence-corrected chi connectivity index (χ0v) is 19.5. The Morgan fingerprint density at radius 2 is 2.03 bits per heavy atom. The van der Waals surface area contributed by atoms with E-state index in [-0.39, 0.29) is 34.7 Å². The highest BCUT2D eigenvalue weighted by atomic mass is 32.2. The fraction of sp³-hybridized carbons (Fsp3) is 0.708. The molecule has 5 atom stereocenters. The molecule has 162 valence electrons. The Labute approximate surface area is 180 Å². The SMILES string of the molecule is CS[C@H]1Cc2ccc(O)cc2C(C)(C)[C@@H]1NC(=O)O[C@@H]1C[C@H](C)CCC1C(C)C. The maximum atomic E-state index is 13.0. The molecule has 1 aromatic rings. The molecule has 4 nitrogen and oxygen atoms in total. The van der Waals surface area contributed by atoms with Crippen molar-refractivity contribution in [1.29, 1.82) is 0 Å². The number of thioether (sulfide) groups is 1. The fourth-order valence-electron chi connectivity index (χ4n) is 5.35. The van der Waals surface area contributed by atoms with Gasteiger partial charge in [-0.3, -0.25) is 0 Å². The lowest BCUT2D eigenvalue weighted by molar-refractivity contribution is 0.00369. The molecule has 0 aliphatic heterocycles. The van der Waals surface area contributed by atoms with Crippen LogP contribution in [0, 0.1) is 17.8 Å². The first-order valence-electron chi connectivity index (χ1n) is 11.0. The molecule has 1 aromatic carbocycles. The van der Waals surface area contributed by atoms with Gasteiger partial charge >= 0.3 is 6.09 Å². The van der Waals surface area contributed by atoms with Crippen molar-refractivity contribution in [3.8, 4) is 5.75 Å². The molecule has 29 heavy (non-hydrogen) atoms. The van der Waals surface area contributed by atoms with E-state index in [1.54, 1.807) is 17.8 Å².